The molecule has 0 unspecified atom stereocenters. The molecular formula is C22H30N4O5S. The molecular weight excluding hydrogens is 432 g/mol. The molecule has 4 rings (SSSR count). The van der Waals surface area contributed by atoms with Crippen molar-refractivity contribution in [3.05, 3.63) is 29.3 Å². The van der Waals surface area contributed by atoms with Crippen molar-refractivity contribution in [2.24, 2.45) is 5.92 Å². The number of carbonyl (C=O) groups is 3. The average Bonchev–Trinajstić information content (AvgIpc) is 3.02. The van der Waals surface area contributed by atoms with Crippen molar-refractivity contribution < 1.29 is 22.8 Å². The van der Waals surface area contributed by atoms with Crippen molar-refractivity contribution in [3.63, 3.8) is 0 Å². The molecule has 10 heteroatoms. The molecule has 32 heavy (non-hydrogen) atoms. The first-order valence-electron chi connectivity index (χ1n) is 11.2. The summed E-state index contributed by atoms with van der Waals surface area (Å²) in [6, 6.07) is 4.75. The number of amides is 4. The predicted molar refractivity (Wildman–Crippen MR) is 117 cm³/mol. The lowest BCUT2D eigenvalue weighted by atomic mass is 9.92. The Kier molecular flexibility index (Phi) is 6.02. The largest absolute Gasteiger partial charge is 0.344 e. The minimum Gasteiger partial charge on any atom is -0.322 e. The normalized spacial score (nSPS) is 24.9. The highest BCUT2D eigenvalue weighted by Gasteiger charge is 2.48. The molecule has 2 N–H and O–H groups in total. The number of benzene rings is 1. The van der Waals surface area contributed by atoms with Crippen LogP contribution >= 0.6 is 0 Å². The number of aryl methyl sites for hydroxylation is 2. The Balaban J connectivity index is 1.38. The standard InChI is InChI=1S/C22H30N4O5S/c1-3-22(2)20(28)26(21(29)23-22)24-19(27)16-10-12-25(13-11-16)32(30,31)18-9-8-15-6-4-5-7-17(15)14-18/h8-9,14,16H,3-7,10-13H2,1-2H3,(H,23,29)(H,24,27)/t22-/m1/s1. The highest BCUT2D eigenvalue weighted by molar-refractivity contribution is 7.89. The molecule has 0 radical (unpaired) electrons. The van der Waals surface area contributed by atoms with E-state index in [0.29, 0.717) is 24.2 Å². The van der Waals surface area contributed by atoms with Gasteiger partial charge in [-0.25, -0.2) is 13.2 Å². The van der Waals surface area contributed by atoms with Gasteiger partial charge in [0.1, 0.15) is 5.54 Å². The molecule has 1 aliphatic carbocycles. The molecule has 2 aliphatic heterocycles. The number of piperidine rings is 1. The lowest BCUT2D eigenvalue weighted by Gasteiger charge is -2.31. The second-order valence-corrected chi connectivity index (χ2v) is 11.0. The number of urea groups is 1. The van der Waals surface area contributed by atoms with Gasteiger partial charge in [-0.15, -0.1) is 0 Å². The van der Waals surface area contributed by atoms with Crippen LogP contribution in [0.4, 0.5) is 4.79 Å². The Morgan fingerprint density at radius 3 is 2.44 bits per heavy atom. The van der Waals surface area contributed by atoms with Crippen LogP contribution in [0.2, 0.25) is 0 Å². The summed E-state index contributed by atoms with van der Waals surface area (Å²) in [5.74, 6) is -1.41. The number of nitrogens with zero attached hydrogens (tertiary/aromatic N) is 2. The summed E-state index contributed by atoms with van der Waals surface area (Å²) in [6.07, 6.45) is 5.16. The molecule has 1 atom stereocenters. The molecule has 3 aliphatic rings. The highest BCUT2D eigenvalue weighted by Crippen LogP contribution is 2.28. The van der Waals surface area contributed by atoms with Crippen LogP contribution in [0.15, 0.2) is 23.1 Å². The zero-order valence-electron chi connectivity index (χ0n) is 18.5. The summed E-state index contributed by atoms with van der Waals surface area (Å²) in [4.78, 5) is 37.6. The lowest BCUT2D eigenvalue weighted by Crippen LogP contribution is -2.51. The Bertz CT molecular complexity index is 1050. The first-order valence-corrected chi connectivity index (χ1v) is 12.7. The van der Waals surface area contributed by atoms with Gasteiger partial charge in [0.05, 0.1) is 4.90 Å². The molecule has 0 aromatic heterocycles. The average molecular weight is 463 g/mol. The molecule has 0 spiro atoms. The van der Waals surface area contributed by atoms with Crippen molar-refractivity contribution in [1.82, 2.24) is 20.1 Å². The summed E-state index contributed by atoms with van der Waals surface area (Å²) in [6.45, 7) is 3.82. The smallest absolute Gasteiger partial charge is 0.322 e. The number of imide groups is 1. The van der Waals surface area contributed by atoms with E-state index >= 15 is 0 Å². The number of hydrogen-bond acceptors (Lipinski definition) is 5. The Morgan fingerprint density at radius 2 is 1.81 bits per heavy atom. The molecule has 1 aromatic carbocycles. The van der Waals surface area contributed by atoms with Crippen LogP contribution in [-0.2, 0) is 32.5 Å². The quantitative estimate of drug-likeness (QED) is 0.647. The van der Waals surface area contributed by atoms with E-state index in [4.69, 9.17) is 0 Å². The van der Waals surface area contributed by atoms with Crippen molar-refractivity contribution in [2.75, 3.05) is 13.1 Å². The maximum absolute atomic E-state index is 13.1. The number of hydrogen-bond donors (Lipinski definition) is 2. The predicted octanol–water partition coefficient (Wildman–Crippen LogP) is 1.72. The number of carbonyl (C=O) groups excluding carboxylic acids is 3. The topological polar surface area (TPSA) is 116 Å². The van der Waals surface area contributed by atoms with Crippen LogP contribution < -0.4 is 10.7 Å². The van der Waals surface area contributed by atoms with Crippen LogP contribution in [0.1, 0.15) is 57.1 Å². The van der Waals surface area contributed by atoms with E-state index in [-0.39, 0.29) is 13.1 Å². The molecule has 4 amide bonds. The molecule has 174 valence electrons. The maximum Gasteiger partial charge on any atom is 0.344 e. The minimum atomic E-state index is -3.63. The fourth-order valence-corrected chi connectivity index (χ4v) is 6.13. The van der Waals surface area contributed by atoms with Crippen molar-refractivity contribution >= 4 is 27.9 Å². The van der Waals surface area contributed by atoms with Crippen molar-refractivity contribution in [1.29, 1.82) is 0 Å². The van der Waals surface area contributed by atoms with E-state index in [2.05, 4.69) is 10.7 Å². The molecule has 9 nitrogen and oxygen atoms in total. The number of fused-ring (bicyclic) bond motifs is 1. The van der Waals surface area contributed by atoms with Crippen LogP contribution in [-0.4, -0.2) is 54.2 Å². The second kappa shape index (κ2) is 8.47. The van der Waals surface area contributed by atoms with Gasteiger partial charge in [-0.1, -0.05) is 13.0 Å². The molecule has 2 saturated heterocycles. The van der Waals surface area contributed by atoms with E-state index in [0.717, 1.165) is 36.3 Å². The van der Waals surface area contributed by atoms with Gasteiger partial charge in [0, 0.05) is 19.0 Å². The fraction of sp³-hybridized carbons (Fsp3) is 0.591. The third kappa shape index (κ3) is 4.01. The van der Waals surface area contributed by atoms with Gasteiger partial charge in [-0.2, -0.15) is 9.31 Å². The van der Waals surface area contributed by atoms with Crippen molar-refractivity contribution in [3.8, 4) is 0 Å². The van der Waals surface area contributed by atoms with Gasteiger partial charge in [0.15, 0.2) is 0 Å². The van der Waals surface area contributed by atoms with E-state index in [1.54, 1.807) is 26.0 Å². The third-order valence-electron chi connectivity index (χ3n) is 6.97. The number of nitrogens with one attached hydrogen (secondary N) is 2. The van der Waals surface area contributed by atoms with Gasteiger partial charge < -0.3 is 5.32 Å². The Morgan fingerprint density at radius 1 is 1.16 bits per heavy atom. The molecule has 0 saturated carbocycles. The first kappa shape index (κ1) is 22.7. The van der Waals surface area contributed by atoms with Gasteiger partial charge in [0.25, 0.3) is 5.91 Å². The first-order chi connectivity index (χ1) is 15.2. The summed E-state index contributed by atoms with van der Waals surface area (Å²) in [5.41, 5.74) is 3.73. The Labute approximate surface area is 188 Å². The molecule has 2 fully saturated rings. The van der Waals surface area contributed by atoms with Crippen LogP contribution in [0.3, 0.4) is 0 Å². The van der Waals surface area contributed by atoms with Crippen molar-refractivity contribution in [2.45, 2.75) is 69.2 Å². The van der Waals surface area contributed by atoms with E-state index in [9.17, 15) is 22.8 Å². The van der Waals surface area contributed by atoms with Crippen LogP contribution in [0.5, 0.6) is 0 Å². The summed E-state index contributed by atoms with van der Waals surface area (Å²) >= 11 is 0. The zero-order chi connectivity index (χ0) is 23.1. The van der Waals surface area contributed by atoms with Gasteiger partial charge >= 0.3 is 6.03 Å². The van der Waals surface area contributed by atoms with Crippen LogP contribution in [0.25, 0.3) is 0 Å². The summed E-state index contributed by atoms with van der Waals surface area (Å²) in [5, 5.41) is 3.33. The van der Waals surface area contributed by atoms with E-state index in [1.165, 1.54) is 9.87 Å². The Hall–Kier alpha value is -2.46. The number of sulfonamides is 1. The molecule has 0 bridgehead atoms. The monoisotopic (exact) mass is 462 g/mol. The van der Waals surface area contributed by atoms with Gasteiger partial charge in [0.2, 0.25) is 15.9 Å². The van der Waals surface area contributed by atoms with Gasteiger partial charge in [-0.3, -0.25) is 15.0 Å². The maximum atomic E-state index is 13.1. The fourth-order valence-electron chi connectivity index (χ4n) is 4.60. The molecule has 1 aromatic rings. The highest BCUT2D eigenvalue weighted by atomic mass is 32.2. The third-order valence-corrected chi connectivity index (χ3v) is 8.87. The van der Waals surface area contributed by atoms with Gasteiger partial charge in [-0.05, 0) is 75.1 Å². The molecule has 2 heterocycles. The minimum absolute atomic E-state index is 0.213. The zero-order valence-corrected chi connectivity index (χ0v) is 19.3. The SMILES string of the molecule is CC[C@@]1(C)NC(=O)N(NC(=O)C2CCN(S(=O)(=O)c3ccc4c(c3)CCCC4)CC2)C1=O. The van der Waals surface area contributed by atoms with E-state index in [1.807, 2.05) is 6.07 Å². The van der Waals surface area contributed by atoms with E-state index < -0.39 is 39.3 Å². The summed E-state index contributed by atoms with van der Waals surface area (Å²) in [7, 11) is -3.63. The van der Waals surface area contributed by atoms with Crippen LogP contribution in [0, 0.1) is 5.92 Å². The second-order valence-electron chi connectivity index (χ2n) is 9.05. The number of hydrazine groups is 1. The lowest BCUT2D eigenvalue weighted by molar-refractivity contribution is -0.140. The number of rotatable bonds is 5. The summed E-state index contributed by atoms with van der Waals surface area (Å²) < 4.78 is 27.7.